The van der Waals surface area contributed by atoms with Gasteiger partial charge >= 0.3 is 0 Å². The Morgan fingerprint density at radius 3 is 2.87 bits per heavy atom. The Labute approximate surface area is 88.1 Å². The molecule has 1 aromatic heterocycles. The molecule has 0 radical (unpaired) electrons. The SMILES string of the molecule is NCc1cn(C2CC2)c2cc(O)ccc12. The van der Waals surface area contributed by atoms with Gasteiger partial charge in [0.25, 0.3) is 0 Å². The van der Waals surface area contributed by atoms with Crippen LogP contribution in [0.1, 0.15) is 24.4 Å². The molecule has 0 amide bonds. The lowest BCUT2D eigenvalue weighted by atomic mass is 10.2. The maximum atomic E-state index is 9.49. The van der Waals surface area contributed by atoms with Gasteiger partial charge in [-0.2, -0.15) is 0 Å². The van der Waals surface area contributed by atoms with Crippen LogP contribution in [0.3, 0.4) is 0 Å². The summed E-state index contributed by atoms with van der Waals surface area (Å²) in [5, 5.41) is 10.7. The molecule has 0 aliphatic heterocycles. The van der Waals surface area contributed by atoms with E-state index in [1.165, 1.54) is 18.2 Å². The van der Waals surface area contributed by atoms with Gasteiger partial charge in [-0.1, -0.05) is 0 Å². The minimum Gasteiger partial charge on any atom is -0.508 e. The standard InChI is InChI=1S/C12H14N2O/c13-6-8-7-14(9-1-2-9)12-5-10(15)3-4-11(8)12/h3-5,7,9,15H,1-2,6,13H2. The quantitative estimate of drug-likeness (QED) is 0.783. The second kappa shape index (κ2) is 3.00. The van der Waals surface area contributed by atoms with Crippen LogP contribution >= 0.6 is 0 Å². The summed E-state index contributed by atoms with van der Waals surface area (Å²) >= 11 is 0. The lowest BCUT2D eigenvalue weighted by Gasteiger charge is -2.01. The van der Waals surface area contributed by atoms with Gasteiger partial charge in [0.15, 0.2) is 0 Å². The molecule has 3 N–H and O–H groups in total. The number of rotatable bonds is 2. The summed E-state index contributed by atoms with van der Waals surface area (Å²) in [6.07, 6.45) is 4.61. The maximum Gasteiger partial charge on any atom is 0.117 e. The van der Waals surface area contributed by atoms with E-state index in [-0.39, 0.29) is 0 Å². The van der Waals surface area contributed by atoms with E-state index in [0.29, 0.717) is 18.3 Å². The highest BCUT2D eigenvalue weighted by atomic mass is 16.3. The van der Waals surface area contributed by atoms with Gasteiger partial charge < -0.3 is 15.4 Å². The average molecular weight is 202 g/mol. The van der Waals surface area contributed by atoms with Crippen molar-refractivity contribution in [2.24, 2.45) is 5.73 Å². The summed E-state index contributed by atoms with van der Waals surface area (Å²) in [6, 6.07) is 6.12. The zero-order chi connectivity index (χ0) is 10.4. The van der Waals surface area contributed by atoms with E-state index < -0.39 is 0 Å². The Morgan fingerprint density at radius 2 is 2.20 bits per heavy atom. The van der Waals surface area contributed by atoms with E-state index >= 15 is 0 Å². The van der Waals surface area contributed by atoms with Crippen LogP contribution in [0.15, 0.2) is 24.4 Å². The molecule has 15 heavy (non-hydrogen) atoms. The third kappa shape index (κ3) is 1.31. The first-order valence-electron chi connectivity index (χ1n) is 5.32. The first kappa shape index (κ1) is 8.80. The molecule has 0 spiro atoms. The largest absolute Gasteiger partial charge is 0.508 e. The predicted molar refractivity (Wildman–Crippen MR) is 59.8 cm³/mol. The number of aromatic hydroxyl groups is 1. The van der Waals surface area contributed by atoms with Crippen LogP contribution < -0.4 is 5.73 Å². The maximum absolute atomic E-state index is 9.49. The third-order valence-corrected chi connectivity index (χ3v) is 3.06. The topological polar surface area (TPSA) is 51.2 Å². The predicted octanol–water partition coefficient (Wildman–Crippen LogP) is 2.14. The molecule has 78 valence electrons. The van der Waals surface area contributed by atoms with E-state index in [0.717, 1.165) is 11.1 Å². The molecule has 3 heteroatoms. The number of hydrogen-bond acceptors (Lipinski definition) is 2. The molecule has 1 aliphatic carbocycles. The molecule has 3 rings (SSSR count). The normalized spacial score (nSPS) is 16.1. The van der Waals surface area contributed by atoms with Gasteiger partial charge in [-0.05, 0) is 30.5 Å². The fraction of sp³-hybridized carbons (Fsp3) is 0.333. The highest BCUT2D eigenvalue weighted by Crippen LogP contribution is 2.39. The molecule has 1 fully saturated rings. The minimum absolute atomic E-state index is 0.325. The Balaban J connectivity index is 2.29. The van der Waals surface area contributed by atoms with Gasteiger partial charge in [0, 0.05) is 30.2 Å². The van der Waals surface area contributed by atoms with Crippen LogP contribution in [0, 0.1) is 0 Å². The first-order chi connectivity index (χ1) is 7.29. The van der Waals surface area contributed by atoms with Crippen molar-refractivity contribution in [3.05, 3.63) is 30.0 Å². The summed E-state index contributed by atoms with van der Waals surface area (Å²) in [4.78, 5) is 0. The van der Waals surface area contributed by atoms with Crippen molar-refractivity contribution < 1.29 is 5.11 Å². The molecule has 2 aromatic rings. The Morgan fingerprint density at radius 1 is 1.40 bits per heavy atom. The smallest absolute Gasteiger partial charge is 0.117 e. The number of phenolic OH excluding ortho intramolecular Hbond substituents is 1. The molecule has 1 aliphatic rings. The first-order valence-corrected chi connectivity index (χ1v) is 5.32. The van der Waals surface area contributed by atoms with Crippen LogP contribution in [-0.4, -0.2) is 9.67 Å². The van der Waals surface area contributed by atoms with Gasteiger partial charge in [0.1, 0.15) is 5.75 Å². The summed E-state index contributed by atoms with van der Waals surface area (Å²) in [5.41, 5.74) is 7.99. The molecule has 1 aromatic carbocycles. The fourth-order valence-electron chi connectivity index (χ4n) is 2.13. The van der Waals surface area contributed by atoms with E-state index in [4.69, 9.17) is 5.73 Å². The summed E-state index contributed by atoms with van der Waals surface area (Å²) in [5.74, 6) is 0.325. The van der Waals surface area contributed by atoms with E-state index in [2.05, 4.69) is 10.8 Å². The molecule has 0 unspecified atom stereocenters. The number of phenols is 1. The number of benzene rings is 1. The van der Waals surface area contributed by atoms with Gasteiger partial charge in [0.2, 0.25) is 0 Å². The number of hydrogen-bond donors (Lipinski definition) is 2. The van der Waals surface area contributed by atoms with Crippen LogP contribution in [0.4, 0.5) is 0 Å². The van der Waals surface area contributed by atoms with Crippen molar-refractivity contribution in [2.75, 3.05) is 0 Å². The average Bonchev–Trinajstić information content (AvgIpc) is 3.00. The summed E-state index contributed by atoms with van der Waals surface area (Å²) < 4.78 is 2.25. The molecular formula is C12H14N2O. The van der Waals surface area contributed by atoms with Crippen molar-refractivity contribution in [2.45, 2.75) is 25.4 Å². The number of fused-ring (bicyclic) bond motifs is 1. The highest BCUT2D eigenvalue weighted by Gasteiger charge is 2.25. The summed E-state index contributed by atoms with van der Waals surface area (Å²) in [6.45, 7) is 0.557. The van der Waals surface area contributed by atoms with Crippen molar-refractivity contribution in [1.82, 2.24) is 4.57 Å². The zero-order valence-electron chi connectivity index (χ0n) is 8.48. The van der Waals surface area contributed by atoms with Crippen molar-refractivity contribution >= 4 is 10.9 Å². The van der Waals surface area contributed by atoms with Crippen LogP contribution in [0.2, 0.25) is 0 Å². The molecule has 0 bridgehead atoms. The Kier molecular flexibility index (Phi) is 1.76. The number of nitrogens with two attached hydrogens (primary N) is 1. The van der Waals surface area contributed by atoms with E-state index in [1.807, 2.05) is 12.1 Å². The molecule has 1 saturated carbocycles. The van der Waals surface area contributed by atoms with Crippen molar-refractivity contribution in [3.63, 3.8) is 0 Å². The molecule has 1 heterocycles. The molecule has 3 nitrogen and oxygen atoms in total. The number of nitrogens with zero attached hydrogens (tertiary/aromatic N) is 1. The zero-order valence-corrected chi connectivity index (χ0v) is 8.48. The lowest BCUT2D eigenvalue weighted by Crippen LogP contribution is -1.94. The molecule has 0 saturated heterocycles. The van der Waals surface area contributed by atoms with Gasteiger partial charge in [-0.15, -0.1) is 0 Å². The second-order valence-corrected chi connectivity index (χ2v) is 4.20. The molecular weight excluding hydrogens is 188 g/mol. The van der Waals surface area contributed by atoms with Crippen LogP contribution in [-0.2, 0) is 6.54 Å². The van der Waals surface area contributed by atoms with E-state index in [9.17, 15) is 5.11 Å². The third-order valence-electron chi connectivity index (χ3n) is 3.06. The Hall–Kier alpha value is -1.48. The monoisotopic (exact) mass is 202 g/mol. The second-order valence-electron chi connectivity index (χ2n) is 4.20. The van der Waals surface area contributed by atoms with Gasteiger partial charge in [0.05, 0.1) is 5.52 Å². The van der Waals surface area contributed by atoms with Crippen molar-refractivity contribution in [3.8, 4) is 5.75 Å². The minimum atomic E-state index is 0.325. The van der Waals surface area contributed by atoms with Crippen molar-refractivity contribution in [1.29, 1.82) is 0 Å². The van der Waals surface area contributed by atoms with E-state index in [1.54, 1.807) is 6.07 Å². The van der Waals surface area contributed by atoms with Crippen LogP contribution in [0.5, 0.6) is 5.75 Å². The lowest BCUT2D eigenvalue weighted by molar-refractivity contribution is 0.476. The fourth-order valence-corrected chi connectivity index (χ4v) is 2.13. The summed E-state index contributed by atoms with van der Waals surface area (Å²) in [7, 11) is 0. The number of aromatic nitrogens is 1. The van der Waals surface area contributed by atoms with Gasteiger partial charge in [-0.3, -0.25) is 0 Å². The van der Waals surface area contributed by atoms with Gasteiger partial charge in [-0.25, -0.2) is 0 Å². The highest BCUT2D eigenvalue weighted by molar-refractivity contribution is 5.85. The Bertz CT molecular complexity index is 512. The molecule has 0 atom stereocenters. The van der Waals surface area contributed by atoms with Crippen LogP contribution in [0.25, 0.3) is 10.9 Å².